The lowest BCUT2D eigenvalue weighted by molar-refractivity contribution is 0.436. The molecule has 2 aromatic carbocycles. The highest BCUT2D eigenvalue weighted by molar-refractivity contribution is 7.80. The molecule has 1 heterocycles. The summed E-state index contributed by atoms with van der Waals surface area (Å²) in [5, 5.41) is 23.0. The van der Waals surface area contributed by atoms with Crippen LogP contribution in [0.3, 0.4) is 0 Å². The third kappa shape index (κ3) is 3.25. The summed E-state index contributed by atoms with van der Waals surface area (Å²) in [6, 6.07) is 13.0. The second-order valence-electron chi connectivity index (χ2n) is 5.39. The van der Waals surface area contributed by atoms with Crippen molar-refractivity contribution < 1.29 is 5.11 Å². The third-order valence-corrected chi connectivity index (χ3v) is 4.07. The molecule has 0 saturated heterocycles. The van der Waals surface area contributed by atoms with E-state index < -0.39 is 0 Å². The Labute approximate surface area is 149 Å². The summed E-state index contributed by atoms with van der Waals surface area (Å²) in [7, 11) is 1.77. The average Bonchev–Trinajstić information content (AvgIpc) is 2.78. The second kappa shape index (κ2) is 6.59. The maximum atomic E-state index is 10.3. The van der Waals surface area contributed by atoms with Crippen molar-refractivity contribution in [1.29, 1.82) is 0 Å². The Balaban J connectivity index is 1.87. The number of aromatic nitrogens is 1. The highest BCUT2D eigenvalue weighted by atomic mass is 35.5. The van der Waals surface area contributed by atoms with Crippen LogP contribution in [-0.4, -0.2) is 14.8 Å². The van der Waals surface area contributed by atoms with Crippen LogP contribution >= 0.6 is 23.8 Å². The van der Waals surface area contributed by atoms with Gasteiger partial charge in [0.1, 0.15) is 0 Å². The molecule has 0 unspecified atom stereocenters. The van der Waals surface area contributed by atoms with E-state index in [1.54, 1.807) is 35.9 Å². The van der Waals surface area contributed by atoms with Crippen molar-refractivity contribution in [3.63, 3.8) is 0 Å². The molecular formula is C17H15ClN4OS. The van der Waals surface area contributed by atoms with Gasteiger partial charge in [-0.05, 0) is 55.5 Å². The molecule has 3 aromatic rings. The zero-order chi connectivity index (χ0) is 17.3. The van der Waals surface area contributed by atoms with E-state index in [1.807, 2.05) is 25.1 Å². The molecule has 3 rings (SSSR count). The number of rotatable bonds is 2. The number of benzene rings is 2. The first-order chi connectivity index (χ1) is 11.5. The molecule has 0 aliphatic heterocycles. The molecule has 5 nitrogen and oxygen atoms in total. The predicted octanol–water partition coefficient (Wildman–Crippen LogP) is 5.33. The average molecular weight is 359 g/mol. The summed E-state index contributed by atoms with van der Waals surface area (Å²) in [4.78, 5) is 0. The van der Waals surface area contributed by atoms with Crippen LogP contribution in [0.4, 0.5) is 11.4 Å². The lowest BCUT2D eigenvalue weighted by atomic mass is 10.1. The van der Waals surface area contributed by atoms with E-state index in [4.69, 9.17) is 23.8 Å². The van der Waals surface area contributed by atoms with Crippen molar-refractivity contribution in [2.75, 3.05) is 5.32 Å². The minimum absolute atomic E-state index is 0.0497. The van der Waals surface area contributed by atoms with Gasteiger partial charge < -0.3 is 15.0 Å². The third-order valence-electron chi connectivity index (χ3n) is 3.63. The first-order valence-electron chi connectivity index (χ1n) is 7.22. The molecular weight excluding hydrogens is 344 g/mol. The van der Waals surface area contributed by atoms with Gasteiger partial charge in [-0.3, -0.25) is 0 Å². The Hall–Kier alpha value is -2.44. The maximum Gasteiger partial charge on any atom is 0.220 e. The van der Waals surface area contributed by atoms with Crippen molar-refractivity contribution in [2.45, 2.75) is 6.92 Å². The van der Waals surface area contributed by atoms with Crippen molar-refractivity contribution in [1.82, 2.24) is 4.57 Å². The Kier molecular flexibility index (Phi) is 4.51. The number of hydrogen-bond acceptors (Lipinski definition) is 3. The lowest BCUT2D eigenvalue weighted by Gasteiger charge is -2.02. The van der Waals surface area contributed by atoms with Crippen LogP contribution in [-0.2, 0) is 7.05 Å². The number of nitrogens with zero attached hydrogens (tertiary/aromatic N) is 3. The normalized spacial score (nSPS) is 11.3. The quantitative estimate of drug-likeness (QED) is 0.481. The van der Waals surface area contributed by atoms with E-state index in [-0.39, 0.29) is 11.0 Å². The summed E-state index contributed by atoms with van der Waals surface area (Å²) in [6.45, 7) is 1.98. The van der Waals surface area contributed by atoms with Gasteiger partial charge in [-0.15, -0.1) is 10.2 Å². The highest BCUT2D eigenvalue weighted by Gasteiger charge is 2.14. The van der Waals surface area contributed by atoms with E-state index in [0.29, 0.717) is 10.7 Å². The van der Waals surface area contributed by atoms with Gasteiger partial charge >= 0.3 is 0 Å². The van der Waals surface area contributed by atoms with Gasteiger partial charge in [-0.1, -0.05) is 23.2 Å². The van der Waals surface area contributed by atoms with Gasteiger partial charge in [0.05, 0.1) is 5.52 Å². The van der Waals surface area contributed by atoms with Gasteiger partial charge in [0.25, 0.3) is 0 Å². The summed E-state index contributed by atoms with van der Waals surface area (Å²) in [5.74, 6) is 0.0497. The topological polar surface area (TPSA) is 61.9 Å². The number of nitrogens with one attached hydrogen (secondary N) is 1. The predicted molar refractivity (Wildman–Crippen MR) is 102 cm³/mol. The first-order valence-corrected chi connectivity index (χ1v) is 8.00. The number of anilines is 1. The number of aryl methyl sites for hydroxylation is 2. The van der Waals surface area contributed by atoms with Gasteiger partial charge in [0.15, 0.2) is 5.69 Å². The molecule has 122 valence electrons. The van der Waals surface area contributed by atoms with Crippen LogP contribution in [0.5, 0.6) is 5.88 Å². The molecule has 0 aliphatic rings. The van der Waals surface area contributed by atoms with Crippen LogP contribution in [0.15, 0.2) is 52.7 Å². The van der Waals surface area contributed by atoms with Crippen molar-refractivity contribution >= 4 is 51.2 Å². The monoisotopic (exact) mass is 358 g/mol. The largest absolute Gasteiger partial charge is 0.493 e. The van der Waals surface area contributed by atoms with Crippen LogP contribution in [0.25, 0.3) is 10.9 Å². The van der Waals surface area contributed by atoms with Crippen LogP contribution in [0, 0.1) is 6.92 Å². The minimum atomic E-state index is 0.0497. The van der Waals surface area contributed by atoms with Crippen LogP contribution < -0.4 is 5.32 Å². The summed E-state index contributed by atoms with van der Waals surface area (Å²) >= 11 is 11.0. The van der Waals surface area contributed by atoms with Crippen molar-refractivity contribution in [3.8, 4) is 5.88 Å². The minimum Gasteiger partial charge on any atom is -0.493 e. The fourth-order valence-corrected chi connectivity index (χ4v) is 2.69. The fourth-order valence-electron chi connectivity index (χ4n) is 2.40. The Morgan fingerprint density at radius 1 is 1.21 bits per heavy atom. The molecule has 0 atom stereocenters. The number of fused-ring (bicyclic) bond motifs is 1. The Morgan fingerprint density at radius 2 is 1.92 bits per heavy atom. The van der Waals surface area contributed by atoms with Gasteiger partial charge in [-0.25, -0.2) is 0 Å². The van der Waals surface area contributed by atoms with Gasteiger partial charge in [-0.2, -0.15) is 0 Å². The van der Waals surface area contributed by atoms with Crippen LogP contribution in [0.2, 0.25) is 5.02 Å². The number of hydrogen-bond donors (Lipinski definition) is 2. The smallest absolute Gasteiger partial charge is 0.220 e. The molecule has 24 heavy (non-hydrogen) atoms. The maximum absolute atomic E-state index is 10.3. The molecule has 0 bridgehead atoms. The molecule has 7 heteroatoms. The SMILES string of the molecule is Cc1ccc2c(c1)c(N=NC(=S)Nc1ccc(Cl)cc1)c(O)n2C. The molecule has 0 fully saturated rings. The molecule has 0 radical (unpaired) electrons. The van der Waals surface area contributed by atoms with E-state index in [1.165, 1.54) is 0 Å². The molecule has 0 aliphatic carbocycles. The van der Waals surface area contributed by atoms with Crippen LogP contribution in [0.1, 0.15) is 5.56 Å². The molecule has 0 amide bonds. The molecule has 0 spiro atoms. The van der Waals surface area contributed by atoms with Crippen molar-refractivity contribution in [3.05, 3.63) is 53.1 Å². The van der Waals surface area contributed by atoms with E-state index >= 15 is 0 Å². The fraction of sp³-hybridized carbons (Fsp3) is 0.118. The van der Waals surface area contributed by atoms with Gasteiger partial charge in [0.2, 0.25) is 11.0 Å². The Bertz CT molecular complexity index is 947. The van der Waals surface area contributed by atoms with Crippen molar-refractivity contribution in [2.24, 2.45) is 17.3 Å². The summed E-state index contributed by atoms with van der Waals surface area (Å²) in [6.07, 6.45) is 0. The number of azo groups is 1. The number of thiocarbonyl (C=S) groups is 1. The van der Waals surface area contributed by atoms with E-state index in [2.05, 4.69) is 15.5 Å². The number of aromatic hydroxyl groups is 1. The highest BCUT2D eigenvalue weighted by Crippen LogP contribution is 2.38. The Morgan fingerprint density at radius 3 is 2.62 bits per heavy atom. The van der Waals surface area contributed by atoms with E-state index in [0.717, 1.165) is 22.2 Å². The molecule has 1 aromatic heterocycles. The van der Waals surface area contributed by atoms with E-state index in [9.17, 15) is 5.11 Å². The zero-order valence-electron chi connectivity index (χ0n) is 13.1. The molecule has 0 saturated carbocycles. The zero-order valence-corrected chi connectivity index (χ0v) is 14.7. The summed E-state index contributed by atoms with van der Waals surface area (Å²) < 4.78 is 1.67. The lowest BCUT2D eigenvalue weighted by Crippen LogP contribution is -2.04. The van der Waals surface area contributed by atoms with Gasteiger partial charge in [0, 0.05) is 23.1 Å². The first kappa shape index (κ1) is 16.4. The second-order valence-corrected chi connectivity index (χ2v) is 6.21. The molecule has 2 N–H and O–H groups in total. The summed E-state index contributed by atoms with van der Waals surface area (Å²) in [5.41, 5.74) is 3.12. The standard InChI is InChI=1S/C17H15ClN4OS/c1-10-3-8-14-13(9-10)15(16(23)22(14)2)20-21-17(24)19-12-6-4-11(18)5-7-12/h3-9,23H,1-2H3,(H,19,24). The number of halogens is 1.